The highest BCUT2D eigenvalue weighted by Gasteiger charge is 2.14. The summed E-state index contributed by atoms with van der Waals surface area (Å²) in [7, 11) is 0. The SMILES string of the molecule is Cc1ccc(C(=O)N/N=C/c2cccc(O)c2)cc1[N+](=O)[O-]. The summed E-state index contributed by atoms with van der Waals surface area (Å²) in [5.74, 6) is -0.469. The molecule has 0 heterocycles. The Balaban J connectivity index is 2.09. The number of aromatic hydroxyl groups is 1. The first-order valence-electron chi connectivity index (χ1n) is 6.35. The van der Waals surface area contributed by atoms with E-state index < -0.39 is 10.8 Å². The molecule has 0 saturated heterocycles. The van der Waals surface area contributed by atoms with Gasteiger partial charge in [0.15, 0.2) is 0 Å². The van der Waals surface area contributed by atoms with Gasteiger partial charge >= 0.3 is 0 Å². The molecule has 2 aromatic rings. The highest BCUT2D eigenvalue weighted by atomic mass is 16.6. The number of nitrogens with zero attached hydrogens (tertiary/aromatic N) is 2. The van der Waals surface area contributed by atoms with Crippen molar-refractivity contribution in [1.82, 2.24) is 5.43 Å². The molecule has 0 saturated carbocycles. The molecule has 0 fully saturated rings. The Morgan fingerprint density at radius 2 is 2.09 bits per heavy atom. The van der Waals surface area contributed by atoms with Crippen LogP contribution in [0.5, 0.6) is 5.75 Å². The number of nitro benzene ring substituents is 1. The van der Waals surface area contributed by atoms with Gasteiger partial charge in [0.1, 0.15) is 5.75 Å². The number of carbonyl (C=O) groups excluding carboxylic acids is 1. The number of nitrogens with one attached hydrogen (secondary N) is 1. The zero-order chi connectivity index (χ0) is 16.1. The first-order valence-corrected chi connectivity index (χ1v) is 6.35. The Morgan fingerprint density at radius 3 is 2.77 bits per heavy atom. The van der Waals surface area contributed by atoms with Gasteiger partial charge in [0.2, 0.25) is 0 Å². The summed E-state index contributed by atoms with van der Waals surface area (Å²) < 4.78 is 0. The lowest BCUT2D eigenvalue weighted by molar-refractivity contribution is -0.385. The highest BCUT2D eigenvalue weighted by molar-refractivity contribution is 5.95. The summed E-state index contributed by atoms with van der Waals surface area (Å²) in [4.78, 5) is 22.2. The van der Waals surface area contributed by atoms with Gasteiger partial charge in [0.05, 0.1) is 11.1 Å². The van der Waals surface area contributed by atoms with E-state index in [0.29, 0.717) is 11.1 Å². The number of aryl methyl sites for hydroxylation is 1. The van der Waals surface area contributed by atoms with E-state index in [-0.39, 0.29) is 17.0 Å². The lowest BCUT2D eigenvalue weighted by Crippen LogP contribution is -2.17. The van der Waals surface area contributed by atoms with Crippen molar-refractivity contribution in [2.75, 3.05) is 0 Å². The van der Waals surface area contributed by atoms with Gasteiger partial charge in [-0.05, 0) is 30.7 Å². The Morgan fingerprint density at radius 1 is 1.32 bits per heavy atom. The number of amides is 1. The van der Waals surface area contributed by atoms with Gasteiger partial charge in [-0.2, -0.15) is 5.10 Å². The first-order chi connectivity index (χ1) is 10.5. The molecule has 0 aliphatic carbocycles. The van der Waals surface area contributed by atoms with E-state index in [1.165, 1.54) is 36.5 Å². The predicted molar refractivity (Wildman–Crippen MR) is 81.0 cm³/mol. The maximum absolute atomic E-state index is 11.9. The lowest BCUT2D eigenvalue weighted by Gasteiger charge is -2.02. The normalized spacial score (nSPS) is 10.6. The molecule has 0 radical (unpaired) electrons. The maximum atomic E-state index is 11.9. The molecule has 0 aliphatic heterocycles. The minimum Gasteiger partial charge on any atom is -0.508 e. The van der Waals surface area contributed by atoms with Crippen molar-refractivity contribution < 1.29 is 14.8 Å². The Kier molecular flexibility index (Phi) is 4.47. The molecular formula is C15H13N3O4. The summed E-state index contributed by atoms with van der Waals surface area (Å²) in [5, 5.41) is 23.9. The van der Waals surface area contributed by atoms with Gasteiger partial charge in [-0.1, -0.05) is 18.2 Å². The van der Waals surface area contributed by atoms with Crippen LogP contribution in [0.3, 0.4) is 0 Å². The third-order valence-electron chi connectivity index (χ3n) is 2.92. The maximum Gasteiger partial charge on any atom is 0.273 e. The van der Waals surface area contributed by atoms with Crippen molar-refractivity contribution >= 4 is 17.8 Å². The molecule has 7 heteroatoms. The summed E-state index contributed by atoms with van der Waals surface area (Å²) >= 11 is 0. The molecule has 0 bridgehead atoms. The molecule has 2 rings (SSSR count). The molecule has 7 nitrogen and oxygen atoms in total. The van der Waals surface area contributed by atoms with Crippen LogP contribution in [0.15, 0.2) is 47.6 Å². The van der Waals surface area contributed by atoms with Gasteiger partial charge in [-0.15, -0.1) is 0 Å². The van der Waals surface area contributed by atoms with Crippen LogP contribution < -0.4 is 5.43 Å². The van der Waals surface area contributed by atoms with Crippen LogP contribution in [0, 0.1) is 17.0 Å². The van der Waals surface area contributed by atoms with Crippen molar-refractivity contribution in [2.45, 2.75) is 6.92 Å². The minimum atomic E-state index is -0.556. The molecule has 0 aromatic heterocycles. The third-order valence-corrected chi connectivity index (χ3v) is 2.92. The number of phenolic OH excluding ortho intramolecular Hbond substituents is 1. The topological polar surface area (TPSA) is 105 Å². The van der Waals surface area contributed by atoms with Crippen LogP contribution in [-0.4, -0.2) is 22.2 Å². The second kappa shape index (κ2) is 6.49. The van der Waals surface area contributed by atoms with Gasteiger partial charge in [-0.3, -0.25) is 14.9 Å². The number of hydrazone groups is 1. The van der Waals surface area contributed by atoms with Crippen LogP contribution in [0.1, 0.15) is 21.5 Å². The number of carbonyl (C=O) groups is 1. The molecule has 0 spiro atoms. The second-order valence-corrected chi connectivity index (χ2v) is 4.55. The molecule has 112 valence electrons. The number of hydrogen-bond donors (Lipinski definition) is 2. The minimum absolute atomic E-state index is 0.0874. The largest absolute Gasteiger partial charge is 0.508 e. The third kappa shape index (κ3) is 3.66. The zero-order valence-electron chi connectivity index (χ0n) is 11.7. The van der Waals surface area contributed by atoms with Crippen LogP contribution in [-0.2, 0) is 0 Å². The molecular weight excluding hydrogens is 286 g/mol. The standard InChI is InChI=1S/C15H13N3O4/c1-10-5-6-12(8-14(10)18(21)22)15(20)17-16-9-11-3-2-4-13(19)7-11/h2-9,19H,1H3,(H,17,20)/b16-9+. The monoisotopic (exact) mass is 299 g/mol. The Bertz CT molecular complexity index is 756. The van der Waals surface area contributed by atoms with Crippen molar-refractivity contribution in [3.63, 3.8) is 0 Å². The lowest BCUT2D eigenvalue weighted by atomic mass is 10.1. The summed E-state index contributed by atoms with van der Waals surface area (Å²) in [6.07, 6.45) is 1.36. The molecule has 2 N–H and O–H groups in total. The van der Waals surface area contributed by atoms with Crippen molar-refractivity contribution in [3.05, 3.63) is 69.3 Å². The summed E-state index contributed by atoms with van der Waals surface area (Å²) in [6.45, 7) is 1.60. The molecule has 1 amide bonds. The molecule has 0 unspecified atom stereocenters. The number of rotatable bonds is 4. The van der Waals surface area contributed by atoms with Crippen molar-refractivity contribution in [2.24, 2.45) is 5.10 Å². The van der Waals surface area contributed by atoms with Crippen LogP contribution in [0.2, 0.25) is 0 Å². The van der Waals surface area contributed by atoms with Gasteiger partial charge in [0, 0.05) is 17.2 Å². The van der Waals surface area contributed by atoms with Gasteiger partial charge < -0.3 is 5.11 Å². The van der Waals surface area contributed by atoms with Crippen LogP contribution >= 0.6 is 0 Å². The van der Waals surface area contributed by atoms with E-state index in [4.69, 9.17) is 0 Å². The number of hydrogen-bond acceptors (Lipinski definition) is 5. The molecule has 0 aliphatic rings. The van der Waals surface area contributed by atoms with E-state index in [2.05, 4.69) is 10.5 Å². The predicted octanol–water partition coefficient (Wildman–Crippen LogP) is 2.37. The molecule has 2 aromatic carbocycles. The Hall–Kier alpha value is -3.22. The number of benzene rings is 2. The molecule has 0 atom stereocenters. The number of nitro groups is 1. The van der Waals surface area contributed by atoms with E-state index >= 15 is 0 Å². The average Bonchev–Trinajstić information content (AvgIpc) is 2.47. The quantitative estimate of drug-likeness (QED) is 0.513. The fraction of sp³-hybridized carbons (Fsp3) is 0.0667. The van der Waals surface area contributed by atoms with Crippen molar-refractivity contribution in [3.8, 4) is 5.75 Å². The van der Waals surface area contributed by atoms with Gasteiger partial charge in [0.25, 0.3) is 11.6 Å². The zero-order valence-corrected chi connectivity index (χ0v) is 11.7. The summed E-state index contributed by atoms with van der Waals surface area (Å²) in [6, 6.07) is 10.5. The Labute approximate surface area is 126 Å². The molecule has 22 heavy (non-hydrogen) atoms. The van der Waals surface area contributed by atoms with E-state index in [9.17, 15) is 20.0 Å². The van der Waals surface area contributed by atoms with E-state index in [1.807, 2.05) is 0 Å². The highest BCUT2D eigenvalue weighted by Crippen LogP contribution is 2.19. The van der Waals surface area contributed by atoms with E-state index in [1.54, 1.807) is 19.1 Å². The van der Waals surface area contributed by atoms with E-state index in [0.717, 1.165) is 0 Å². The van der Waals surface area contributed by atoms with Crippen molar-refractivity contribution in [1.29, 1.82) is 0 Å². The summed E-state index contributed by atoms with van der Waals surface area (Å²) in [5.41, 5.74) is 3.39. The van der Waals surface area contributed by atoms with Crippen LogP contribution in [0.25, 0.3) is 0 Å². The van der Waals surface area contributed by atoms with Gasteiger partial charge in [-0.25, -0.2) is 5.43 Å². The second-order valence-electron chi connectivity index (χ2n) is 4.55. The fourth-order valence-corrected chi connectivity index (χ4v) is 1.78. The smallest absolute Gasteiger partial charge is 0.273 e. The fourth-order valence-electron chi connectivity index (χ4n) is 1.78. The average molecular weight is 299 g/mol. The number of phenols is 1. The first kappa shape index (κ1) is 15.2. The van der Waals surface area contributed by atoms with Crippen LogP contribution in [0.4, 0.5) is 5.69 Å².